The Morgan fingerprint density at radius 3 is 2.71 bits per heavy atom. The maximum Gasteiger partial charge on any atom is 0.410 e. The molecule has 5 heteroatoms. The molecular formula is C19H21FN2O2. The molecule has 0 saturated carbocycles. The van der Waals surface area contributed by atoms with Crippen molar-refractivity contribution in [2.75, 3.05) is 13.1 Å². The van der Waals surface area contributed by atoms with Crippen molar-refractivity contribution >= 4 is 6.09 Å². The van der Waals surface area contributed by atoms with Crippen molar-refractivity contribution in [2.24, 2.45) is 11.7 Å². The van der Waals surface area contributed by atoms with Gasteiger partial charge >= 0.3 is 6.09 Å². The summed E-state index contributed by atoms with van der Waals surface area (Å²) >= 11 is 0. The number of benzene rings is 2. The predicted octanol–water partition coefficient (Wildman–Crippen LogP) is 3.48. The maximum absolute atomic E-state index is 13.6. The van der Waals surface area contributed by atoms with E-state index < -0.39 is 0 Å². The summed E-state index contributed by atoms with van der Waals surface area (Å²) in [7, 11) is 0. The highest BCUT2D eigenvalue weighted by molar-refractivity contribution is 5.69. The molecule has 0 aliphatic carbocycles. The Bertz CT molecular complexity index is 693. The Morgan fingerprint density at radius 2 is 2.00 bits per heavy atom. The number of carbonyl (C=O) groups is 1. The molecule has 2 aromatic carbocycles. The third kappa shape index (κ3) is 3.57. The van der Waals surface area contributed by atoms with E-state index in [0.29, 0.717) is 13.1 Å². The molecule has 0 spiro atoms. The van der Waals surface area contributed by atoms with Crippen LogP contribution in [-0.4, -0.2) is 24.1 Å². The number of carbonyl (C=O) groups excluding carboxylic acids is 1. The molecule has 4 nitrogen and oxygen atoms in total. The SMILES string of the molecule is NCC1CCN(C(=O)OCc2ccccc2)C1c1cccc(F)c1. The van der Waals surface area contributed by atoms with Crippen LogP contribution < -0.4 is 5.73 Å². The Balaban J connectivity index is 1.74. The summed E-state index contributed by atoms with van der Waals surface area (Å²) in [6.45, 7) is 1.24. The van der Waals surface area contributed by atoms with Crippen molar-refractivity contribution in [3.05, 3.63) is 71.5 Å². The Hall–Kier alpha value is -2.40. The van der Waals surface area contributed by atoms with Crippen LogP contribution in [0, 0.1) is 11.7 Å². The predicted molar refractivity (Wildman–Crippen MR) is 89.6 cm³/mol. The van der Waals surface area contributed by atoms with Gasteiger partial charge in [0, 0.05) is 6.54 Å². The van der Waals surface area contributed by atoms with E-state index in [0.717, 1.165) is 17.5 Å². The summed E-state index contributed by atoms with van der Waals surface area (Å²) in [6.07, 6.45) is 0.405. The van der Waals surface area contributed by atoms with Crippen molar-refractivity contribution in [1.82, 2.24) is 4.90 Å². The minimum atomic E-state index is -0.385. The Morgan fingerprint density at radius 1 is 1.21 bits per heavy atom. The van der Waals surface area contributed by atoms with E-state index >= 15 is 0 Å². The summed E-state index contributed by atoms with van der Waals surface area (Å²) in [6, 6.07) is 15.6. The highest BCUT2D eigenvalue weighted by Gasteiger charge is 2.38. The molecule has 1 heterocycles. The number of ether oxygens (including phenoxy) is 1. The summed E-state index contributed by atoms with van der Waals surface area (Å²) in [5.74, 6) is -0.205. The van der Waals surface area contributed by atoms with Crippen LogP contribution in [0.4, 0.5) is 9.18 Å². The first-order valence-electron chi connectivity index (χ1n) is 8.12. The fraction of sp³-hybridized carbons (Fsp3) is 0.316. The molecule has 1 amide bonds. The first-order chi connectivity index (χ1) is 11.7. The van der Waals surface area contributed by atoms with Gasteiger partial charge in [-0.15, -0.1) is 0 Å². The normalized spacial score (nSPS) is 20.2. The molecule has 0 radical (unpaired) electrons. The number of rotatable bonds is 4. The van der Waals surface area contributed by atoms with Crippen LogP contribution in [0.2, 0.25) is 0 Å². The average Bonchev–Trinajstić information content (AvgIpc) is 3.05. The molecule has 1 aliphatic rings. The fourth-order valence-electron chi connectivity index (χ4n) is 3.25. The maximum atomic E-state index is 13.6. The standard InChI is InChI=1S/C19H21FN2O2/c20-17-8-4-7-15(11-17)18-16(12-21)9-10-22(18)19(23)24-13-14-5-2-1-3-6-14/h1-8,11,16,18H,9-10,12-13,21H2. The third-order valence-corrected chi connectivity index (χ3v) is 4.46. The van der Waals surface area contributed by atoms with E-state index in [-0.39, 0.29) is 30.5 Å². The number of hydrogen-bond acceptors (Lipinski definition) is 3. The van der Waals surface area contributed by atoms with Crippen LogP contribution >= 0.6 is 0 Å². The molecule has 0 bridgehead atoms. The molecule has 2 aromatic rings. The Labute approximate surface area is 141 Å². The van der Waals surface area contributed by atoms with E-state index in [4.69, 9.17) is 10.5 Å². The molecule has 2 unspecified atom stereocenters. The minimum absolute atomic E-state index is 0.107. The fourth-order valence-corrected chi connectivity index (χ4v) is 3.25. The quantitative estimate of drug-likeness (QED) is 0.935. The van der Waals surface area contributed by atoms with E-state index in [9.17, 15) is 9.18 Å². The smallest absolute Gasteiger partial charge is 0.410 e. The van der Waals surface area contributed by atoms with Gasteiger partial charge in [-0.05, 0) is 42.1 Å². The van der Waals surface area contributed by atoms with Crippen LogP contribution in [0.15, 0.2) is 54.6 Å². The summed E-state index contributed by atoms with van der Waals surface area (Å²) in [5.41, 5.74) is 7.55. The van der Waals surface area contributed by atoms with Gasteiger partial charge in [-0.25, -0.2) is 9.18 Å². The lowest BCUT2D eigenvalue weighted by molar-refractivity contribution is 0.0884. The summed E-state index contributed by atoms with van der Waals surface area (Å²) in [4.78, 5) is 14.2. The zero-order valence-corrected chi connectivity index (χ0v) is 13.4. The van der Waals surface area contributed by atoms with E-state index in [2.05, 4.69) is 0 Å². The number of nitrogens with two attached hydrogens (primary N) is 1. The van der Waals surface area contributed by atoms with Crippen LogP contribution in [0.3, 0.4) is 0 Å². The van der Waals surface area contributed by atoms with Gasteiger partial charge in [-0.1, -0.05) is 42.5 Å². The molecular weight excluding hydrogens is 307 g/mol. The molecule has 1 fully saturated rings. The number of hydrogen-bond donors (Lipinski definition) is 1. The molecule has 2 N–H and O–H groups in total. The summed E-state index contributed by atoms with van der Waals surface area (Å²) < 4.78 is 19.0. The van der Waals surface area contributed by atoms with Crippen LogP contribution in [-0.2, 0) is 11.3 Å². The van der Waals surface area contributed by atoms with E-state index in [1.807, 2.05) is 36.4 Å². The molecule has 3 rings (SSSR count). The van der Waals surface area contributed by atoms with Crippen molar-refractivity contribution < 1.29 is 13.9 Å². The average molecular weight is 328 g/mol. The lowest BCUT2D eigenvalue weighted by Crippen LogP contribution is -2.34. The first kappa shape index (κ1) is 16.5. The molecule has 1 saturated heterocycles. The molecule has 0 aromatic heterocycles. The topological polar surface area (TPSA) is 55.6 Å². The van der Waals surface area contributed by atoms with Crippen molar-refractivity contribution in [1.29, 1.82) is 0 Å². The molecule has 126 valence electrons. The monoisotopic (exact) mass is 328 g/mol. The molecule has 2 atom stereocenters. The van der Waals surface area contributed by atoms with Gasteiger partial charge in [0.05, 0.1) is 6.04 Å². The van der Waals surface area contributed by atoms with Crippen LogP contribution in [0.1, 0.15) is 23.6 Å². The van der Waals surface area contributed by atoms with Gasteiger partial charge in [-0.2, -0.15) is 0 Å². The number of likely N-dealkylation sites (tertiary alicyclic amines) is 1. The number of halogens is 1. The first-order valence-corrected chi connectivity index (χ1v) is 8.12. The molecule has 24 heavy (non-hydrogen) atoms. The number of amides is 1. The zero-order chi connectivity index (χ0) is 16.9. The minimum Gasteiger partial charge on any atom is -0.445 e. The Kier molecular flexibility index (Phi) is 5.11. The second kappa shape index (κ2) is 7.45. The van der Waals surface area contributed by atoms with E-state index in [1.165, 1.54) is 12.1 Å². The second-order valence-electron chi connectivity index (χ2n) is 6.02. The summed E-state index contributed by atoms with van der Waals surface area (Å²) in [5, 5.41) is 0. The van der Waals surface area contributed by atoms with Gasteiger partial charge in [0.15, 0.2) is 0 Å². The largest absolute Gasteiger partial charge is 0.445 e. The van der Waals surface area contributed by atoms with Gasteiger partial charge in [0.2, 0.25) is 0 Å². The zero-order valence-electron chi connectivity index (χ0n) is 13.4. The van der Waals surface area contributed by atoms with Gasteiger partial charge in [0.1, 0.15) is 12.4 Å². The van der Waals surface area contributed by atoms with Gasteiger partial charge < -0.3 is 15.4 Å². The van der Waals surface area contributed by atoms with Gasteiger partial charge in [-0.3, -0.25) is 0 Å². The van der Waals surface area contributed by atoms with Crippen molar-refractivity contribution in [2.45, 2.75) is 19.1 Å². The third-order valence-electron chi connectivity index (χ3n) is 4.46. The van der Waals surface area contributed by atoms with E-state index in [1.54, 1.807) is 11.0 Å². The highest BCUT2D eigenvalue weighted by Crippen LogP contribution is 2.37. The van der Waals surface area contributed by atoms with Crippen molar-refractivity contribution in [3.63, 3.8) is 0 Å². The van der Waals surface area contributed by atoms with Crippen molar-refractivity contribution in [3.8, 4) is 0 Å². The highest BCUT2D eigenvalue weighted by atomic mass is 19.1. The second-order valence-corrected chi connectivity index (χ2v) is 6.02. The number of nitrogens with zero attached hydrogens (tertiary/aromatic N) is 1. The lowest BCUT2D eigenvalue weighted by Gasteiger charge is -2.27. The van der Waals surface area contributed by atoms with Crippen LogP contribution in [0.25, 0.3) is 0 Å². The lowest BCUT2D eigenvalue weighted by atomic mass is 9.94. The van der Waals surface area contributed by atoms with Crippen LogP contribution in [0.5, 0.6) is 0 Å². The molecule has 1 aliphatic heterocycles. The van der Waals surface area contributed by atoms with Gasteiger partial charge in [0.25, 0.3) is 0 Å².